The zero-order valence-electron chi connectivity index (χ0n) is 10.9. The molecule has 0 spiro atoms. The van der Waals surface area contributed by atoms with Gasteiger partial charge in [-0.2, -0.15) is 5.26 Å². The molecule has 2 rings (SSSR count). The van der Waals surface area contributed by atoms with Gasteiger partial charge in [0.15, 0.2) is 0 Å². The number of hydrogen-bond acceptors (Lipinski definition) is 4. The van der Waals surface area contributed by atoms with Crippen molar-refractivity contribution in [3.05, 3.63) is 24.3 Å². The van der Waals surface area contributed by atoms with E-state index in [1.807, 2.05) is 0 Å². The second-order valence-electron chi connectivity index (χ2n) is 5.97. The van der Waals surface area contributed by atoms with Gasteiger partial charge in [-0.1, -0.05) is 13.8 Å². The minimum Gasteiger partial charge on any atom is -0.385 e. The van der Waals surface area contributed by atoms with E-state index in [-0.39, 0.29) is 5.41 Å². The second kappa shape index (κ2) is 4.66. The average molecular weight is 245 g/mol. The van der Waals surface area contributed by atoms with Crippen LogP contribution in [0.1, 0.15) is 51.3 Å². The molecule has 1 aromatic heterocycles. The summed E-state index contributed by atoms with van der Waals surface area (Å²) in [5.41, 5.74) is 0.126. The van der Waals surface area contributed by atoms with E-state index in [2.05, 4.69) is 29.9 Å². The van der Waals surface area contributed by atoms with Crippen LogP contribution < -0.4 is 0 Å². The van der Waals surface area contributed by atoms with E-state index in [1.165, 1.54) is 6.33 Å². The van der Waals surface area contributed by atoms with Crippen LogP contribution in [0.3, 0.4) is 0 Å². The van der Waals surface area contributed by atoms with Crippen molar-refractivity contribution in [2.75, 3.05) is 0 Å². The second-order valence-corrected chi connectivity index (χ2v) is 5.97. The maximum absolute atomic E-state index is 10.5. The van der Waals surface area contributed by atoms with Gasteiger partial charge >= 0.3 is 0 Å². The van der Waals surface area contributed by atoms with E-state index in [0.717, 1.165) is 25.7 Å². The van der Waals surface area contributed by atoms with Crippen molar-refractivity contribution in [2.24, 2.45) is 10.8 Å². The minimum absolute atomic E-state index is 0.270. The molecule has 18 heavy (non-hydrogen) atoms. The van der Waals surface area contributed by atoms with Crippen LogP contribution in [-0.2, 0) is 0 Å². The molecule has 96 valence electrons. The summed E-state index contributed by atoms with van der Waals surface area (Å²) in [5.74, 6) is 0. The maximum Gasteiger partial charge on any atom is 0.115 e. The normalized spacial score (nSPS) is 23.0. The number of nitriles is 1. The molecular weight excluding hydrogens is 226 g/mol. The van der Waals surface area contributed by atoms with Gasteiger partial charge in [0, 0.05) is 6.20 Å². The van der Waals surface area contributed by atoms with E-state index >= 15 is 0 Å². The highest BCUT2D eigenvalue weighted by atomic mass is 16.3. The Bertz CT molecular complexity index is 440. The molecule has 1 fully saturated rings. The SMILES string of the molecule is CC1(C)CCC(C#N)(C(O)c2ccncn2)CC1. The van der Waals surface area contributed by atoms with E-state index < -0.39 is 11.5 Å². The predicted molar refractivity (Wildman–Crippen MR) is 67.3 cm³/mol. The zero-order chi connectivity index (χ0) is 13.2. The Labute approximate surface area is 108 Å². The molecule has 0 aliphatic heterocycles. The lowest BCUT2D eigenvalue weighted by atomic mass is 9.63. The molecule has 1 heterocycles. The Morgan fingerprint density at radius 2 is 2.00 bits per heavy atom. The van der Waals surface area contributed by atoms with Crippen LogP contribution in [0.5, 0.6) is 0 Å². The molecule has 1 saturated carbocycles. The number of aliphatic hydroxyl groups excluding tert-OH is 1. The fourth-order valence-electron chi connectivity index (χ4n) is 2.57. The van der Waals surface area contributed by atoms with Crippen LogP contribution in [0.4, 0.5) is 0 Å². The van der Waals surface area contributed by atoms with Gasteiger partial charge in [-0.3, -0.25) is 0 Å². The summed E-state index contributed by atoms with van der Waals surface area (Å²) < 4.78 is 0. The summed E-state index contributed by atoms with van der Waals surface area (Å²) >= 11 is 0. The smallest absolute Gasteiger partial charge is 0.115 e. The molecule has 0 bridgehead atoms. The van der Waals surface area contributed by atoms with E-state index in [0.29, 0.717) is 5.69 Å². The Balaban J connectivity index is 2.22. The summed E-state index contributed by atoms with van der Waals surface area (Å²) in [7, 11) is 0. The molecule has 1 N–H and O–H groups in total. The van der Waals surface area contributed by atoms with Gasteiger partial charge in [-0.25, -0.2) is 9.97 Å². The topological polar surface area (TPSA) is 69.8 Å². The van der Waals surface area contributed by atoms with Crippen LogP contribution in [0, 0.1) is 22.2 Å². The highest BCUT2D eigenvalue weighted by Gasteiger charge is 2.44. The van der Waals surface area contributed by atoms with E-state index in [4.69, 9.17) is 0 Å². The van der Waals surface area contributed by atoms with Crippen LogP contribution in [0.25, 0.3) is 0 Å². The Kier molecular flexibility index (Phi) is 3.36. The fraction of sp³-hybridized carbons (Fsp3) is 0.643. The average Bonchev–Trinajstić information content (AvgIpc) is 2.40. The molecule has 0 amide bonds. The molecule has 1 aliphatic carbocycles. The molecule has 1 unspecified atom stereocenters. The number of aliphatic hydroxyl groups is 1. The molecule has 0 radical (unpaired) electrons. The fourth-order valence-corrected chi connectivity index (χ4v) is 2.57. The summed E-state index contributed by atoms with van der Waals surface area (Å²) in [6.45, 7) is 4.43. The van der Waals surface area contributed by atoms with Crippen molar-refractivity contribution in [2.45, 2.75) is 45.6 Å². The summed E-state index contributed by atoms with van der Waals surface area (Å²) in [5, 5.41) is 19.9. The monoisotopic (exact) mass is 245 g/mol. The molecule has 4 heteroatoms. The van der Waals surface area contributed by atoms with Crippen LogP contribution >= 0.6 is 0 Å². The molecule has 1 atom stereocenters. The van der Waals surface area contributed by atoms with Crippen molar-refractivity contribution in [1.82, 2.24) is 9.97 Å². The maximum atomic E-state index is 10.5. The third-order valence-corrected chi connectivity index (χ3v) is 4.13. The minimum atomic E-state index is -0.818. The summed E-state index contributed by atoms with van der Waals surface area (Å²) in [6, 6.07) is 4.03. The van der Waals surface area contributed by atoms with Crippen LogP contribution in [-0.4, -0.2) is 15.1 Å². The van der Waals surface area contributed by atoms with Gasteiger partial charge in [-0.15, -0.1) is 0 Å². The third kappa shape index (κ3) is 2.37. The van der Waals surface area contributed by atoms with Crippen LogP contribution in [0.2, 0.25) is 0 Å². The van der Waals surface area contributed by atoms with Gasteiger partial charge in [-0.05, 0) is 37.2 Å². The van der Waals surface area contributed by atoms with E-state index in [1.54, 1.807) is 12.3 Å². The number of rotatable bonds is 2. The molecule has 4 nitrogen and oxygen atoms in total. The lowest BCUT2D eigenvalue weighted by molar-refractivity contribution is 0.00690. The highest BCUT2D eigenvalue weighted by molar-refractivity contribution is 5.15. The van der Waals surface area contributed by atoms with Crippen molar-refractivity contribution in [1.29, 1.82) is 5.26 Å². The standard InChI is InChI=1S/C14H19N3O/c1-13(2)4-6-14(9-15,7-5-13)12(18)11-3-8-16-10-17-11/h3,8,10,12,18H,4-7H2,1-2H3. The quantitative estimate of drug-likeness (QED) is 0.869. The molecular formula is C14H19N3O. The predicted octanol–water partition coefficient (Wildman–Crippen LogP) is 2.62. The van der Waals surface area contributed by atoms with Gasteiger partial charge in [0.05, 0.1) is 17.2 Å². The van der Waals surface area contributed by atoms with Crippen molar-refractivity contribution in [3.8, 4) is 6.07 Å². The lowest BCUT2D eigenvalue weighted by Gasteiger charge is -2.41. The van der Waals surface area contributed by atoms with Gasteiger partial charge in [0.25, 0.3) is 0 Å². The highest BCUT2D eigenvalue weighted by Crippen LogP contribution is 2.50. The van der Waals surface area contributed by atoms with Gasteiger partial charge in [0.1, 0.15) is 12.4 Å². The van der Waals surface area contributed by atoms with Gasteiger partial charge in [0.2, 0.25) is 0 Å². The first-order valence-corrected chi connectivity index (χ1v) is 6.34. The molecule has 1 aliphatic rings. The zero-order valence-corrected chi connectivity index (χ0v) is 10.9. The molecule has 0 aromatic carbocycles. The Hall–Kier alpha value is -1.47. The number of hydrogen-bond donors (Lipinski definition) is 1. The third-order valence-electron chi connectivity index (χ3n) is 4.13. The Morgan fingerprint density at radius 1 is 1.33 bits per heavy atom. The van der Waals surface area contributed by atoms with Gasteiger partial charge < -0.3 is 5.11 Å². The first-order chi connectivity index (χ1) is 8.49. The number of aromatic nitrogens is 2. The van der Waals surface area contributed by atoms with Crippen molar-refractivity contribution < 1.29 is 5.11 Å². The van der Waals surface area contributed by atoms with Crippen LogP contribution in [0.15, 0.2) is 18.6 Å². The van der Waals surface area contributed by atoms with Crippen molar-refractivity contribution >= 4 is 0 Å². The first-order valence-electron chi connectivity index (χ1n) is 6.34. The summed E-state index contributed by atoms with van der Waals surface area (Å²) in [6.07, 6.45) is 5.57. The van der Waals surface area contributed by atoms with Crippen molar-refractivity contribution in [3.63, 3.8) is 0 Å². The molecule has 1 aromatic rings. The molecule has 0 saturated heterocycles. The van der Waals surface area contributed by atoms with E-state index in [9.17, 15) is 10.4 Å². The summed E-state index contributed by atoms with van der Waals surface area (Å²) in [4.78, 5) is 7.91. The lowest BCUT2D eigenvalue weighted by Crippen LogP contribution is -2.35. The largest absolute Gasteiger partial charge is 0.385 e. The first kappa shape index (κ1) is 13.0. The Morgan fingerprint density at radius 3 is 2.50 bits per heavy atom. The number of nitrogens with zero attached hydrogens (tertiary/aromatic N) is 3.